The summed E-state index contributed by atoms with van der Waals surface area (Å²) in [5.41, 5.74) is 4.49. The van der Waals surface area contributed by atoms with Gasteiger partial charge in [-0.05, 0) is 48.2 Å². The predicted octanol–water partition coefficient (Wildman–Crippen LogP) is 3.67. The van der Waals surface area contributed by atoms with Crippen LogP contribution in [0.2, 0.25) is 0 Å². The number of hydrogen-bond acceptors (Lipinski definition) is 4. The molecule has 30 heavy (non-hydrogen) atoms. The third-order valence-electron chi connectivity index (χ3n) is 5.75. The Morgan fingerprint density at radius 2 is 1.83 bits per heavy atom. The van der Waals surface area contributed by atoms with Gasteiger partial charge in [-0.2, -0.15) is 0 Å². The zero-order valence-electron chi connectivity index (χ0n) is 17.4. The van der Waals surface area contributed by atoms with Gasteiger partial charge in [0, 0.05) is 51.3 Å². The Hall–Kier alpha value is -3.05. The van der Waals surface area contributed by atoms with Crippen LogP contribution in [0.5, 0.6) is 0 Å². The summed E-state index contributed by atoms with van der Waals surface area (Å²) in [4.78, 5) is 26.2. The molecule has 1 aromatic carbocycles. The van der Waals surface area contributed by atoms with E-state index in [4.69, 9.17) is 0 Å². The predicted molar refractivity (Wildman–Crippen MR) is 119 cm³/mol. The van der Waals surface area contributed by atoms with Gasteiger partial charge in [0.25, 0.3) is 0 Å². The van der Waals surface area contributed by atoms with E-state index in [2.05, 4.69) is 58.2 Å². The Labute approximate surface area is 178 Å². The van der Waals surface area contributed by atoms with Crippen molar-refractivity contribution in [3.8, 4) is 11.1 Å². The maximum atomic E-state index is 13.1. The number of benzene rings is 1. The van der Waals surface area contributed by atoms with Crippen molar-refractivity contribution in [2.75, 3.05) is 26.2 Å². The van der Waals surface area contributed by atoms with Gasteiger partial charge in [-0.3, -0.25) is 19.7 Å². The molecule has 4 rings (SSSR count). The lowest BCUT2D eigenvalue weighted by atomic mass is 9.96. The minimum absolute atomic E-state index is 0.0413. The summed E-state index contributed by atoms with van der Waals surface area (Å²) in [5, 5.41) is 0. The van der Waals surface area contributed by atoms with Crippen molar-refractivity contribution >= 4 is 5.91 Å². The first-order valence-electron chi connectivity index (χ1n) is 10.6. The van der Waals surface area contributed by atoms with Crippen molar-refractivity contribution in [2.24, 2.45) is 5.92 Å². The zero-order valence-corrected chi connectivity index (χ0v) is 17.4. The summed E-state index contributed by atoms with van der Waals surface area (Å²) in [6.07, 6.45) is 6.24. The highest BCUT2D eigenvalue weighted by Crippen LogP contribution is 2.22. The smallest absolute Gasteiger partial charge is 0.227 e. The van der Waals surface area contributed by atoms with Crippen LogP contribution < -0.4 is 0 Å². The van der Waals surface area contributed by atoms with Gasteiger partial charge >= 0.3 is 0 Å². The lowest BCUT2D eigenvalue weighted by molar-refractivity contribution is -0.134. The number of aromatic nitrogens is 2. The van der Waals surface area contributed by atoms with Crippen molar-refractivity contribution < 1.29 is 4.79 Å². The molecule has 3 heterocycles. The monoisotopic (exact) mass is 400 g/mol. The highest BCUT2D eigenvalue weighted by Gasteiger charge is 2.29. The van der Waals surface area contributed by atoms with E-state index in [0.29, 0.717) is 0 Å². The molecule has 0 radical (unpaired) electrons. The second-order valence-corrected chi connectivity index (χ2v) is 7.81. The number of carbonyl (C=O) groups excluding carboxylic acids is 1. The second kappa shape index (κ2) is 9.63. The van der Waals surface area contributed by atoms with E-state index in [1.165, 1.54) is 5.56 Å². The minimum atomic E-state index is -0.0413. The summed E-state index contributed by atoms with van der Waals surface area (Å²) >= 11 is 0. The van der Waals surface area contributed by atoms with Gasteiger partial charge < -0.3 is 4.90 Å². The van der Waals surface area contributed by atoms with E-state index in [-0.39, 0.29) is 11.8 Å². The van der Waals surface area contributed by atoms with Gasteiger partial charge in [-0.1, -0.05) is 36.4 Å². The van der Waals surface area contributed by atoms with Crippen LogP contribution in [0.4, 0.5) is 0 Å². The Morgan fingerprint density at radius 3 is 2.53 bits per heavy atom. The highest BCUT2D eigenvalue weighted by molar-refractivity contribution is 5.79. The van der Waals surface area contributed by atoms with E-state index >= 15 is 0 Å². The quantitative estimate of drug-likeness (QED) is 0.634. The van der Waals surface area contributed by atoms with E-state index in [1.54, 1.807) is 6.20 Å². The molecule has 0 spiro atoms. The molecule has 0 bridgehead atoms. The van der Waals surface area contributed by atoms with Crippen LogP contribution in [-0.4, -0.2) is 51.9 Å². The van der Waals surface area contributed by atoms with Crippen LogP contribution in [0.1, 0.15) is 18.2 Å². The summed E-state index contributed by atoms with van der Waals surface area (Å²) in [6.45, 7) is 6.02. The van der Waals surface area contributed by atoms with Crippen LogP contribution in [0.25, 0.3) is 11.1 Å². The summed E-state index contributed by atoms with van der Waals surface area (Å²) < 4.78 is 0. The molecule has 1 aliphatic heterocycles. The van der Waals surface area contributed by atoms with Crippen LogP contribution in [0, 0.1) is 5.92 Å². The van der Waals surface area contributed by atoms with Gasteiger partial charge in [-0.15, -0.1) is 0 Å². The largest absolute Gasteiger partial charge is 0.341 e. The molecule has 1 fully saturated rings. The van der Waals surface area contributed by atoms with Gasteiger partial charge in [-0.25, -0.2) is 0 Å². The first-order chi connectivity index (χ1) is 14.7. The summed E-state index contributed by atoms with van der Waals surface area (Å²) in [7, 11) is 0. The first-order valence-corrected chi connectivity index (χ1v) is 10.6. The van der Waals surface area contributed by atoms with Gasteiger partial charge in [0.15, 0.2) is 0 Å². The van der Waals surface area contributed by atoms with E-state index < -0.39 is 0 Å². The second-order valence-electron chi connectivity index (χ2n) is 7.81. The van der Waals surface area contributed by atoms with E-state index in [9.17, 15) is 4.79 Å². The molecule has 1 saturated heterocycles. The molecule has 0 saturated carbocycles. The maximum Gasteiger partial charge on any atom is 0.227 e. The van der Waals surface area contributed by atoms with Gasteiger partial charge in [0.2, 0.25) is 5.91 Å². The topological polar surface area (TPSA) is 49.3 Å². The van der Waals surface area contributed by atoms with Crippen LogP contribution in [0.15, 0.2) is 73.2 Å². The third kappa shape index (κ3) is 4.92. The average Bonchev–Trinajstić information content (AvgIpc) is 2.94. The van der Waals surface area contributed by atoms with Crippen molar-refractivity contribution in [1.82, 2.24) is 19.8 Å². The molecule has 1 atom stereocenters. The van der Waals surface area contributed by atoms with E-state index in [1.807, 2.05) is 35.5 Å². The zero-order chi connectivity index (χ0) is 20.8. The number of amides is 1. The van der Waals surface area contributed by atoms with Crippen molar-refractivity contribution in [2.45, 2.75) is 19.9 Å². The Balaban J connectivity index is 1.49. The van der Waals surface area contributed by atoms with Crippen molar-refractivity contribution in [3.63, 3.8) is 0 Å². The van der Waals surface area contributed by atoms with Gasteiger partial charge in [0.05, 0.1) is 11.6 Å². The normalized spacial score (nSPS) is 17.7. The van der Waals surface area contributed by atoms with Gasteiger partial charge in [0.1, 0.15) is 0 Å². The van der Waals surface area contributed by atoms with E-state index in [0.717, 1.165) is 56.0 Å². The van der Waals surface area contributed by atoms with Crippen LogP contribution in [-0.2, 0) is 17.8 Å². The SMILES string of the molecule is CCN1CCN(Cc2ccccn2)CC(Cc2ccc(-c3cccnc3)cc2)C1=O. The Bertz CT molecular complexity index is 944. The minimum Gasteiger partial charge on any atom is -0.341 e. The number of likely N-dealkylation sites (N-methyl/N-ethyl adjacent to an activating group) is 1. The molecule has 1 unspecified atom stereocenters. The standard InChI is InChI=1S/C25H28N4O/c1-2-29-15-14-28(19-24-7-3-4-13-27-24)18-23(25(29)30)16-20-8-10-21(11-9-20)22-6-5-12-26-17-22/h3-13,17,23H,2,14-16,18-19H2,1H3. The fourth-order valence-corrected chi connectivity index (χ4v) is 4.09. The summed E-state index contributed by atoms with van der Waals surface area (Å²) in [5.74, 6) is 0.220. The lowest BCUT2D eigenvalue weighted by Gasteiger charge is -2.23. The molecular weight excluding hydrogens is 372 g/mol. The fraction of sp³-hybridized carbons (Fsp3) is 0.320. The number of hydrogen-bond donors (Lipinski definition) is 0. The average molecular weight is 401 g/mol. The number of carbonyl (C=O) groups is 1. The molecule has 5 nitrogen and oxygen atoms in total. The highest BCUT2D eigenvalue weighted by atomic mass is 16.2. The van der Waals surface area contributed by atoms with Crippen LogP contribution >= 0.6 is 0 Å². The number of nitrogens with zero attached hydrogens (tertiary/aromatic N) is 4. The molecule has 154 valence electrons. The molecule has 0 aliphatic carbocycles. The number of pyridine rings is 2. The third-order valence-corrected chi connectivity index (χ3v) is 5.75. The number of rotatable bonds is 6. The maximum absolute atomic E-state index is 13.1. The van der Waals surface area contributed by atoms with Crippen molar-refractivity contribution in [1.29, 1.82) is 0 Å². The lowest BCUT2D eigenvalue weighted by Crippen LogP contribution is -2.37. The van der Waals surface area contributed by atoms with Crippen LogP contribution in [0.3, 0.4) is 0 Å². The van der Waals surface area contributed by atoms with Crippen molar-refractivity contribution in [3.05, 3.63) is 84.4 Å². The first kappa shape index (κ1) is 20.2. The molecular formula is C25H28N4O. The fourth-order valence-electron chi connectivity index (χ4n) is 4.09. The molecule has 2 aromatic heterocycles. The molecule has 1 amide bonds. The Kier molecular flexibility index (Phi) is 6.50. The Morgan fingerprint density at radius 1 is 0.967 bits per heavy atom. The molecule has 0 N–H and O–H groups in total. The molecule has 1 aliphatic rings. The summed E-state index contributed by atoms with van der Waals surface area (Å²) in [6, 6.07) is 18.5. The molecule has 3 aromatic rings. The molecule has 5 heteroatoms.